The van der Waals surface area contributed by atoms with Crippen molar-refractivity contribution in [1.29, 1.82) is 0 Å². The van der Waals surface area contributed by atoms with Crippen LogP contribution >= 0.6 is 0 Å². The van der Waals surface area contributed by atoms with E-state index in [1.807, 2.05) is 41.5 Å². The molecule has 0 spiro atoms. The molecule has 0 unspecified atom stereocenters. The van der Waals surface area contributed by atoms with E-state index in [4.69, 9.17) is 18.4 Å². The number of hydrogen-bond acceptors (Lipinski definition) is 5. The lowest BCUT2D eigenvalue weighted by Crippen LogP contribution is -2.50. The molecular weight excluding hydrogens is 280 g/mol. The molecule has 0 aromatic rings. The van der Waals surface area contributed by atoms with E-state index in [9.17, 15) is 9.59 Å². The fourth-order valence-corrected chi connectivity index (χ4v) is 2.93. The topological polar surface area (TPSA) is 85.2 Å². The Balaban J connectivity index is 0. The van der Waals surface area contributed by atoms with Crippen LogP contribution in [0.3, 0.4) is 0 Å². The van der Waals surface area contributed by atoms with Crippen LogP contribution in [0.15, 0.2) is 12.2 Å². The maximum Gasteiger partial charge on any atom is 0.677 e. The molecule has 0 radical (unpaired) electrons. The molecule has 2 N–H and O–H groups in total. The average molecular weight is 308 g/mol. The smallest absolute Gasteiger partial charge is 0.478 e. The highest BCUT2D eigenvalue weighted by Crippen LogP contribution is 2.13. The van der Waals surface area contributed by atoms with Crippen LogP contribution in [-0.2, 0) is 18.1 Å². The van der Waals surface area contributed by atoms with Crippen LogP contribution in [0.5, 0.6) is 0 Å². The van der Waals surface area contributed by atoms with Gasteiger partial charge in [-0.2, -0.15) is 0 Å². The summed E-state index contributed by atoms with van der Waals surface area (Å²) in [6.45, 7) is 15.6. The van der Waals surface area contributed by atoms with Crippen LogP contribution < -0.4 is 0 Å². The summed E-state index contributed by atoms with van der Waals surface area (Å²) in [5.41, 5.74) is 0.176. The first kappa shape index (κ1) is 21.6. The van der Waals surface area contributed by atoms with E-state index in [0.717, 1.165) is 0 Å². The van der Waals surface area contributed by atoms with Gasteiger partial charge in [-0.05, 0) is 48.5 Å². The fourth-order valence-electron chi connectivity index (χ4n) is 0.977. The minimum atomic E-state index is -3.44. The minimum Gasteiger partial charge on any atom is -0.478 e. The van der Waals surface area contributed by atoms with Crippen molar-refractivity contribution in [1.82, 2.24) is 0 Å². The summed E-state index contributed by atoms with van der Waals surface area (Å²) in [4.78, 5) is 19.6. The Bertz CT molecular complexity index is 263. The molecular formula is C13H28O6Si. The minimum absolute atomic E-state index is 0.107. The standard InChI is InChI=1S/C9H22O4Si.C4H6O2/c1-7(2)11-14(10,12-8(3)4)13-9(5)6;1-3(2)4(5)6/h7-10H,1-6H3;1H2,2H3,(H,5,6). The monoisotopic (exact) mass is 308 g/mol. The van der Waals surface area contributed by atoms with Crippen molar-refractivity contribution in [3.63, 3.8) is 0 Å². The molecule has 0 aliphatic carbocycles. The Morgan fingerprint density at radius 1 is 0.950 bits per heavy atom. The van der Waals surface area contributed by atoms with Crippen molar-refractivity contribution < 1.29 is 28.0 Å². The number of aliphatic carboxylic acids is 1. The van der Waals surface area contributed by atoms with Crippen molar-refractivity contribution in [3.8, 4) is 0 Å². The second-order valence-electron chi connectivity index (χ2n) is 5.11. The van der Waals surface area contributed by atoms with E-state index in [2.05, 4.69) is 6.58 Å². The van der Waals surface area contributed by atoms with Crippen molar-refractivity contribution >= 4 is 15.0 Å². The second-order valence-corrected chi connectivity index (χ2v) is 6.86. The van der Waals surface area contributed by atoms with Crippen LogP contribution in [0.1, 0.15) is 48.5 Å². The summed E-state index contributed by atoms with van der Waals surface area (Å²) in [7, 11) is -3.44. The Hall–Kier alpha value is -0.733. The first-order valence-electron chi connectivity index (χ1n) is 6.54. The Kier molecular flexibility index (Phi) is 10.8. The average Bonchev–Trinajstić information content (AvgIpc) is 2.12. The summed E-state index contributed by atoms with van der Waals surface area (Å²) < 4.78 is 15.9. The molecule has 0 heterocycles. The van der Waals surface area contributed by atoms with Crippen LogP contribution in [0.2, 0.25) is 0 Å². The molecule has 0 aromatic heterocycles. The van der Waals surface area contributed by atoms with Crippen molar-refractivity contribution in [2.45, 2.75) is 66.8 Å². The summed E-state index contributed by atoms with van der Waals surface area (Å²) in [5.74, 6) is -0.935. The van der Waals surface area contributed by atoms with Gasteiger partial charge in [-0.1, -0.05) is 6.58 Å². The number of carbonyl (C=O) groups is 1. The number of carboxylic acid groups (broad SMARTS) is 1. The van der Waals surface area contributed by atoms with Crippen LogP contribution in [-0.4, -0.2) is 43.2 Å². The molecule has 0 aromatic carbocycles. The zero-order chi connectivity index (χ0) is 16.5. The highest BCUT2D eigenvalue weighted by molar-refractivity contribution is 6.52. The summed E-state index contributed by atoms with van der Waals surface area (Å²) in [6, 6.07) is 0. The lowest BCUT2D eigenvalue weighted by Gasteiger charge is -2.28. The number of rotatable bonds is 7. The largest absolute Gasteiger partial charge is 0.677 e. The molecule has 20 heavy (non-hydrogen) atoms. The molecule has 0 amide bonds. The predicted molar refractivity (Wildman–Crippen MR) is 79.1 cm³/mol. The zero-order valence-corrected chi connectivity index (χ0v) is 14.5. The van der Waals surface area contributed by atoms with E-state index < -0.39 is 15.0 Å². The van der Waals surface area contributed by atoms with Crippen molar-refractivity contribution in [2.24, 2.45) is 0 Å². The molecule has 120 valence electrons. The van der Waals surface area contributed by atoms with Crippen LogP contribution in [0.4, 0.5) is 0 Å². The van der Waals surface area contributed by atoms with E-state index in [1.54, 1.807) is 0 Å². The quantitative estimate of drug-likeness (QED) is 0.554. The van der Waals surface area contributed by atoms with E-state index >= 15 is 0 Å². The highest BCUT2D eigenvalue weighted by Gasteiger charge is 2.44. The SMILES string of the molecule is C=C(C)C(=O)O.CC(C)O[Si](O)(OC(C)C)OC(C)C. The molecule has 0 atom stereocenters. The normalized spacial score (nSPS) is 11.6. The Labute approximate surface area is 122 Å². The van der Waals surface area contributed by atoms with Gasteiger partial charge in [-0.3, -0.25) is 0 Å². The van der Waals surface area contributed by atoms with E-state index in [-0.39, 0.29) is 23.9 Å². The molecule has 0 saturated carbocycles. The second kappa shape index (κ2) is 10.1. The molecule has 0 aliphatic heterocycles. The molecule has 0 aliphatic rings. The Morgan fingerprint density at radius 2 is 1.15 bits per heavy atom. The van der Waals surface area contributed by atoms with Crippen molar-refractivity contribution in [2.75, 3.05) is 0 Å². The predicted octanol–water partition coefficient (Wildman–Crippen LogP) is 2.34. The maximum atomic E-state index is 9.99. The van der Waals surface area contributed by atoms with Crippen LogP contribution in [0.25, 0.3) is 0 Å². The van der Waals surface area contributed by atoms with Gasteiger partial charge in [0, 0.05) is 23.9 Å². The molecule has 0 saturated heterocycles. The van der Waals surface area contributed by atoms with E-state index in [1.165, 1.54) is 6.92 Å². The maximum absolute atomic E-state index is 9.99. The summed E-state index contributed by atoms with van der Waals surface area (Å²) >= 11 is 0. The number of hydrogen-bond donors (Lipinski definition) is 2. The van der Waals surface area contributed by atoms with Gasteiger partial charge in [0.2, 0.25) is 0 Å². The van der Waals surface area contributed by atoms with Gasteiger partial charge in [-0.15, -0.1) is 0 Å². The first-order valence-corrected chi connectivity index (χ1v) is 8.21. The van der Waals surface area contributed by atoms with Crippen molar-refractivity contribution in [3.05, 3.63) is 12.2 Å². The van der Waals surface area contributed by atoms with Crippen LogP contribution in [0, 0.1) is 0 Å². The van der Waals surface area contributed by atoms with Gasteiger partial charge in [0.1, 0.15) is 0 Å². The van der Waals surface area contributed by atoms with Gasteiger partial charge in [0.25, 0.3) is 0 Å². The summed E-state index contributed by atoms with van der Waals surface area (Å²) in [6.07, 6.45) is -0.322. The molecule has 0 bridgehead atoms. The molecule has 0 fully saturated rings. The van der Waals surface area contributed by atoms with Gasteiger partial charge in [0.05, 0.1) is 0 Å². The van der Waals surface area contributed by atoms with Gasteiger partial charge in [0.15, 0.2) is 0 Å². The highest BCUT2D eigenvalue weighted by atomic mass is 28.4. The molecule has 7 heteroatoms. The van der Waals surface area contributed by atoms with Gasteiger partial charge < -0.3 is 23.2 Å². The fraction of sp³-hybridized carbons (Fsp3) is 0.769. The Morgan fingerprint density at radius 3 is 1.25 bits per heavy atom. The lowest BCUT2D eigenvalue weighted by atomic mass is 10.4. The third kappa shape index (κ3) is 13.7. The van der Waals surface area contributed by atoms with E-state index in [0.29, 0.717) is 0 Å². The lowest BCUT2D eigenvalue weighted by molar-refractivity contribution is -0.132. The van der Waals surface area contributed by atoms with Gasteiger partial charge in [-0.25, -0.2) is 4.79 Å². The molecule has 0 rings (SSSR count). The van der Waals surface area contributed by atoms with Gasteiger partial charge >= 0.3 is 15.0 Å². The number of carboxylic acids is 1. The first-order chi connectivity index (χ1) is 8.89. The molecule has 6 nitrogen and oxygen atoms in total. The summed E-state index contributed by atoms with van der Waals surface area (Å²) in [5, 5.41) is 7.89. The third-order valence-corrected chi connectivity index (χ3v) is 3.83. The third-order valence-electron chi connectivity index (χ3n) is 1.52. The zero-order valence-electron chi connectivity index (χ0n) is 13.5.